The van der Waals surface area contributed by atoms with E-state index in [0.717, 1.165) is 16.9 Å². The zero-order chi connectivity index (χ0) is 21.8. The lowest BCUT2D eigenvalue weighted by atomic mass is 10.2. The molecule has 0 radical (unpaired) electrons. The van der Waals surface area contributed by atoms with E-state index in [2.05, 4.69) is 5.32 Å². The van der Waals surface area contributed by atoms with Gasteiger partial charge in [0, 0.05) is 33.3 Å². The van der Waals surface area contributed by atoms with E-state index in [4.69, 9.17) is 9.72 Å². The number of nitrogens with zero attached hydrogens (tertiary/aromatic N) is 4. The first-order chi connectivity index (χ1) is 14.3. The third-order valence-electron chi connectivity index (χ3n) is 4.87. The van der Waals surface area contributed by atoms with E-state index in [9.17, 15) is 9.59 Å². The second-order valence-corrected chi connectivity index (χ2v) is 7.16. The van der Waals surface area contributed by atoms with Gasteiger partial charge in [-0.3, -0.25) is 4.79 Å². The SMILES string of the molecule is CCn1c(CN(C)C(=O)Nc2ccccc2OC)nc2cc(C(=O)N(C)C)ccc21. The average molecular weight is 409 g/mol. The number of fused-ring (bicyclic) bond motifs is 1. The number of hydrogen-bond acceptors (Lipinski definition) is 4. The largest absolute Gasteiger partial charge is 0.495 e. The number of urea groups is 1. The Morgan fingerprint density at radius 2 is 1.87 bits per heavy atom. The fraction of sp³-hybridized carbons (Fsp3) is 0.318. The van der Waals surface area contributed by atoms with Gasteiger partial charge in [0.2, 0.25) is 0 Å². The highest BCUT2D eigenvalue weighted by atomic mass is 16.5. The molecule has 3 amide bonds. The summed E-state index contributed by atoms with van der Waals surface area (Å²) >= 11 is 0. The van der Waals surface area contributed by atoms with Crippen molar-refractivity contribution in [3.8, 4) is 5.75 Å². The van der Waals surface area contributed by atoms with E-state index in [1.807, 2.05) is 29.7 Å². The summed E-state index contributed by atoms with van der Waals surface area (Å²) in [6.45, 7) is 3.05. The second kappa shape index (κ2) is 8.86. The van der Waals surface area contributed by atoms with Crippen molar-refractivity contribution in [3.63, 3.8) is 0 Å². The van der Waals surface area contributed by atoms with Gasteiger partial charge >= 0.3 is 6.03 Å². The van der Waals surface area contributed by atoms with E-state index in [1.54, 1.807) is 57.4 Å². The molecule has 2 aromatic carbocycles. The number of aryl methyl sites for hydroxylation is 1. The lowest BCUT2D eigenvalue weighted by molar-refractivity contribution is 0.0827. The number of rotatable bonds is 6. The van der Waals surface area contributed by atoms with Crippen LogP contribution in [0.5, 0.6) is 5.75 Å². The summed E-state index contributed by atoms with van der Waals surface area (Å²) < 4.78 is 7.33. The van der Waals surface area contributed by atoms with Gasteiger partial charge in [-0.25, -0.2) is 9.78 Å². The molecule has 0 atom stereocenters. The van der Waals surface area contributed by atoms with E-state index in [1.165, 1.54) is 4.90 Å². The predicted octanol–water partition coefficient (Wildman–Crippen LogP) is 3.43. The Balaban J connectivity index is 1.83. The molecule has 1 heterocycles. The van der Waals surface area contributed by atoms with Crippen LogP contribution in [0.15, 0.2) is 42.5 Å². The molecule has 0 unspecified atom stereocenters. The van der Waals surface area contributed by atoms with Crippen LogP contribution >= 0.6 is 0 Å². The maximum atomic E-state index is 12.7. The fourth-order valence-electron chi connectivity index (χ4n) is 3.29. The van der Waals surface area contributed by atoms with Crippen LogP contribution < -0.4 is 10.1 Å². The van der Waals surface area contributed by atoms with Crippen molar-refractivity contribution >= 4 is 28.7 Å². The number of aromatic nitrogens is 2. The van der Waals surface area contributed by atoms with Crippen LogP contribution in [0.25, 0.3) is 11.0 Å². The molecular weight excluding hydrogens is 382 g/mol. The summed E-state index contributed by atoms with van der Waals surface area (Å²) in [5.74, 6) is 1.27. The van der Waals surface area contributed by atoms with Crippen molar-refractivity contribution in [1.82, 2.24) is 19.4 Å². The van der Waals surface area contributed by atoms with Gasteiger partial charge in [-0.05, 0) is 37.3 Å². The summed E-state index contributed by atoms with van der Waals surface area (Å²) in [5, 5.41) is 2.86. The molecule has 0 spiro atoms. The number of imidazole rings is 1. The van der Waals surface area contributed by atoms with E-state index in [-0.39, 0.29) is 11.9 Å². The van der Waals surface area contributed by atoms with Gasteiger partial charge in [0.05, 0.1) is 30.4 Å². The van der Waals surface area contributed by atoms with Gasteiger partial charge in [0.25, 0.3) is 5.91 Å². The van der Waals surface area contributed by atoms with Crippen molar-refractivity contribution < 1.29 is 14.3 Å². The molecule has 0 saturated carbocycles. The van der Waals surface area contributed by atoms with Crippen LogP contribution in [0.4, 0.5) is 10.5 Å². The zero-order valence-corrected chi connectivity index (χ0v) is 18.0. The highest BCUT2D eigenvalue weighted by Crippen LogP contribution is 2.24. The lowest BCUT2D eigenvalue weighted by Crippen LogP contribution is -2.32. The number of hydrogen-bond donors (Lipinski definition) is 1. The number of nitrogens with one attached hydrogen (secondary N) is 1. The van der Waals surface area contributed by atoms with Crippen LogP contribution in [0.1, 0.15) is 23.1 Å². The first kappa shape index (κ1) is 21.2. The fourth-order valence-corrected chi connectivity index (χ4v) is 3.29. The summed E-state index contributed by atoms with van der Waals surface area (Å²) in [4.78, 5) is 32.7. The van der Waals surface area contributed by atoms with Crippen molar-refractivity contribution in [3.05, 3.63) is 53.9 Å². The van der Waals surface area contributed by atoms with E-state index in [0.29, 0.717) is 30.1 Å². The minimum atomic E-state index is -0.266. The summed E-state index contributed by atoms with van der Waals surface area (Å²) in [6, 6.07) is 12.5. The highest BCUT2D eigenvalue weighted by molar-refractivity contribution is 5.97. The van der Waals surface area contributed by atoms with E-state index >= 15 is 0 Å². The molecule has 3 rings (SSSR count). The molecule has 1 N–H and O–H groups in total. The quantitative estimate of drug-likeness (QED) is 0.676. The van der Waals surface area contributed by atoms with Gasteiger partial charge in [-0.2, -0.15) is 0 Å². The number of para-hydroxylation sites is 2. The number of methoxy groups -OCH3 is 1. The predicted molar refractivity (Wildman–Crippen MR) is 117 cm³/mol. The monoisotopic (exact) mass is 409 g/mol. The van der Waals surface area contributed by atoms with Crippen molar-refractivity contribution in [1.29, 1.82) is 0 Å². The molecule has 158 valence electrons. The second-order valence-electron chi connectivity index (χ2n) is 7.16. The Morgan fingerprint density at radius 3 is 2.53 bits per heavy atom. The Morgan fingerprint density at radius 1 is 1.13 bits per heavy atom. The summed E-state index contributed by atoms with van der Waals surface area (Å²) in [5.41, 5.74) is 2.86. The first-order valence-corrected chi connectivity index (χ1v) is 9.71. The molecule has 30 heavy (non-hydrogen) atoms. The van der Waals surface area contributed by atoms with Crippen molar-refractivity contribution in [2.75, 3.05) is 33.6 Å². The van der Waals surface area contributed by atoms with Gasteiger partial charge < -0.3 is 24.4 Å². The Kier molecular flexibility index (Phi) is 6.25. The highest BCUT2D eigenvalue weighted by Gasteiger charge is 2.18. The topological polar surface area (TPSA) is 79.7 Å². The molecule has 0 aliphatic rings. The van der Waals surface area contributed by atoms with Gasteiger partial charge in [0.15, 0.2) is 0 Å². The summed E-state index contributed by atoms with van der Waals surface area (Å²) in [6.07, 6.45) is 0. The molecule has 0 saturated heterocycles. The third kappa shape index (κ3) is 4.22. The number of amides is 3. The normalized spacial score (nSPS) is 10.7. The van der Waals surface area contributed by atoms with Crippen LogP contribution in [0.3, 0.4) is 0 Å². The standard InChI is InChI=1S/C22H27N5O3/c1-6-27-18-12-11-15(21(28)25(2)3)13-17(18)23-20(27)14-26(4)22(29)24-16-9-7-8-10-19(16)30-5/h7-13H,6,14H2,1-5H3,(H,24,29). The van der Waals surface area contributed by atoms with Gasteiger partial charge in [-0.1, -0.05) is 12.1 Å². The minimum absolute atomic E-state index is 0.0715. The summed E-state index contributed by atoms with van der Waals surface area (Å²) in [7, 11) is 6.72. The van der Waals surface area contributed by atoms with Crippen molar-refractivity contribution in [2.45, 2.75) is 20.0 Å². The maximum absolute atomic E-state index is 12.7. The Hall–Kier alpha value is -3.55. The molecule has 3 aromatic rings. The molecule has 0 fully saturated rings. The molecule has 8 nitrogen and oxygen atoms in total. The van der Waals surface area contributed by atoms with E-state index < -0.39 is 0 Å². The van der Waals surface area contributed by atoms with Crippen LogP contribution in [0, 0.1) is 0 Å². The smallest absolute Gasteiger partial charge is 0.322 e. The molecule has 0 aliphatic heterocycles. The average Bonchev–Trinajstić information content (AvgIpc) is 3.09. The Bertz CT molecular complexity index is 1070. The molecule has 0 bridgehead atoms. The number of anilines is 1. The maximum Gasteiger partial charge on any atom is 0.322 e. The Labute approximate surface area is 176 Å². The number of ether oxygens (including phenoxy) is 1. The van der Waals surface area contributed by atoms with Gasteiger partial charge in [0.1, 0.15) is 11.6 Å². The molecular formula is C22H27N5O3. The lowest BCUT2D eigenvalue weighted by Gasteiger charge is -2.19. The van der Waals surface area contributed by atoms with Gasteiger partial charge in [-0.15, -0.1) is 0 Å². The molecule has 1 aromatic heterocycles. The molecule has 0 aliphatic carbocycles. The first-order valence-electron chi connectivity index (χ1n) is 9.71. The minimum Gasteiger partial charge on any atom is -0.495 e. The third-order valence-corrected chi connectivity index (χ3v) is 4.87. The van der Waals surface area contributed by atoms with Crippen LogP contribution in [-0.4, -0.2) is 59.5 Å². The van der Waals surface area contributed by atoms with Crippen LogP contribution in [0.2, 0.25) is 0 Å². The zero-order valence-electron chi connectivity index (χ0n) is 18.0. The molecule has 8 heteroatoms. The van der Waals surface area contributed by atoms with Crippen molar-refractivity contribution in [2.24, 2.45) is 0 Å². The number of carbonyl (C=O) groups is 2. The number of carbonyl (C=O) groups excluding carboxylic acids is 2. The number of benzene rings is 2. The van der Waals surface area contributed by atoms with Crippen LogP contribution in [-0.2, 0) is 13.1 Å².